The summed E-state index contributed by atoms with van der Waals surface area (Å²) in [4.78, 5) is 10.2. The van der Waals surface area contributed by atoms with Crippen molar-refractivity contribution in [3.8, 4) is 5.75 Å². The van der Waals surface area contributed by atoms with Crippen LogP contribution in [0.2, 0.25) is 0 Å². The number of nitro benzene ring substituents is 1. The SMILES string of the molecule is N[C@H](CCCO)c1cc(O)ccc1[N+](=O)[O-]. The van der Waals surface area contributed by atoms with Crippen molar-refractivity contribution in [3.63, 3.8) is 0 Å². The molecule has 0 saturated carbocycles. The summed E-state index contributed by atoms with van der Waals surface area (Å²) >= 11 is 0. The Kier molecular flexibility index (Phi) is 4.21. The fraction of sp³-hybridized carbons (Fsp3) is 0.400. The third kappa shape index (κ3) is 2.91. The van der Waals surface area contributed by atoms with Gasteiger partial charge in [0.05, 0.1) is 10.5 Å². The largest absolute Gasteiger partial charge is 0.508 e. The first kappa shape index (κ1) is 12.4. The van der Waals surface area contributed by atoms with Gasteiger partial charge in [0, 0.05) is 18.7 Å². The Morgan fingerprint density at radius 2 is 2.19 bits per heavy atom. The van der Waals surface area contributed by atoms with Crippen molar-refractivity contribution in [2.45, 2.75) is 18.9 Å². The van der Waals surface area contributed by atoms with E-state index >= 15 is 0 Å². The van der Waals surface area contributed by atoms with Crippen molar-refractivity contribution in [3.05, 3.63) is 33.9 Å². The number of nitro groups is 1. The molecule has 0 aliphatic heterocycles. The van der Waals surface area contributed by atoms with E-state index < -0.39 is 11.0 Å². The predicted molar refractivity (Wildman–Crippen MR) is 58.0 cm³/mol. The highest BCUT2D eigenvalue weighted by atomic mass is 16.6. The third-order valence-corrected chi connectivity index (χ3v) is 2.28. The molecule has 6 nitrogen and oxygen atoms in total. The maximum absolute atomic E-state index is 10.7. The van der Waals surface area contributed by atoms with Gasteiger partial charge in [0.15, 0.2) is 0 Å². The minimum Gasteiger partial charge on any atom is -0.508 e. The predicted octanol–water partition coefficient (Wildman–Crippen LogP) is 1.07. The Morgan fingerprint density at radius 3 is 2.75 bits per heavy atom. The lowest BCUT2D eigenvalue weighted by molar-refractivity contribution is -0.385. The highest BCUT2D eigenvalue weighted by Crippen LogP contribution is 2.29. The summed E-state index contributed by atoms with van der Waals surface area (Å²) in [6, 6.07) is 3.21. The Labute approximate surface area is 92.5 Å². The average molecular weight is 226 g/mol. The van der Waals surface area contributed by atoms with Gasteiger partial charge in [0.1, 0.15) is 5.75 Å². The van der Waals surface area contributed by atoms with E-state index in [9.17, 15) is 15.2 Å². The number of hydrogen-bond donors (Lipinski definition) is 3. The molecule has 0 bridgehead atoms. The van der Waals surface area contributed by atoms with Gasteiger partial charge < -0.3 is 15.9 Å². The number of aliphatic hydroxyl groups excluding tert-OH is 1. The number of aromatic hydroxyl groups is 1. The molecule has 1 aromatic carbocycles. The van der Waals surface area contributed by atoms with Crippen LogP contribution in [-0.2, 0) is 0 Å². The molecule has 1 rings (SSSR count). The summed E-state index contributed by atoms with van der Waals surface area (Å²) in [5.41, 5.74) is 5.94. The summed E-state index contributed by atoms with van der Waals surface area (Å²) < 4.78 is 0. The monoisotopic (exact) mass is 226 g/mol. The number of benzene rings is 1. The first-order valence-electron chi connectivity index (χ1n) is 4.90. The lowest BCUT2D eigenvalue weighted by Crippen LogP contribution is -2.12. The van der Waals surface area contributed by atoms with Crippen LogP contribution in [0.15, 0.2) is 18.2 Å². The van der Waals surface area contributed by atoms with E-state index in [-0.39, 0.29) is 18.0 Å². The van der Waals surface area contributed by atoms with Crippen LogP contribution < -0.4 is 5.73 Å². The molecule has 4 N–H and O–H groups in total. The van der Waals surface area contributed by atoms with E-state index in [1.165, 1.54) is 18.2 Å². The second-order valence-electron chi connectivity index (χ2n) is 3.47. The van der Waals surface area contributed by atoms with Crippen LogP contribution in [0.3, 0.4) is 0 Å². The van der Waals surface area contributed by atoms with E-state index in [1.807, 2.05) is 0 Å². The molecule has 0 unspecified atom stereocenters. The van der Waals surface area contributed by atoms with Crippen molar-refractivity contribution in [1.82, 2.24) is 0 Å². The van der Waals surface area contributed by atoms with Crippen LogP contribution in [-0.4, -0.2) is 21.7 Å². The number of nitrogens with zero attached hydrogens (tertiary/aromatic N) is 1. The number of phenols is 1. The molecule has 0 spiro atoms. The van der Waals surface area contributed by atoms with Crippen LogP contribution in [0.25, 0.3) is 0 Å². The van der Waals surface area contributed by atoms with Gasteiger partial charge in [-0.05, 0) is 25.0 Å². The molecule has 0 aliphatic carbocycles. The molecule has 0 aromatic heterocycles. The fourth-order valence-electron chi connectivity index (χ4n) is 1.47. The highest BCUT2D eigenvalue weighted by molar-refractivity contribution is 5.46. The van der Waals surface area contributed by atoms with Gasteiger partial charge in [-0.3, -0.25) is 10.1 Å². The molecule has 1 aromatic rings. The van der Waals surface area contributed by atoms with Crippen molar-refractivity contribution in [2.75, 3.05) is 6.61 Å². The molecular weight excluding hydrogens is 212 g/mol. The molecule has 1 atom stereocenters. The Morgan fingerprint density at radius 1 is 1.50 bits per heavy atom. The lowest BCUT2D eigenvalue weighted by atomic mass is 10.0. The molecule has 0 fully saturated rings. The van der Waals surface area contributed by atoms with E-state index in [4.69, 9.17) is 10.8 Å². The molecule has 6 heteroatoms. The molecule has 0 heterocycles. The van der Waals surface area contributed by atoms with E-state index in [1.54, 1.807) is 0 Å². The zero-order valence-electron chi connectivity index (χ0n) is 8.67. The molecule has 0 amide bonds. The maximum Gasteiger partial charge on any atom is 0.274 e. The zero-order chi connectivity index (χ0) is 12.1. The van der Waals surface area contributed by atoms with E-state index in [2.05, 4.69) is 0 Å². The summed E-state index contributed by atoms with van der Waals surface area (Å²) in [6.07, 6.45) is 0.898. The normalized spacial score (nSPS) is 12.4. The van der Waals surface area contributed by atoms with Gasteiger partial charge in [-0.25, -0.2) is 0 Å². The van der Waals surface area contributed by atoms with Gasteiger partial charge in [-0.2, -0.15) is 0 Å². The maximum atomic E-state index is 10.7. The standard InChI is InChI=1S/C10H14N2O4/c11-9(2-1-5-13)8-6-7(14)3-4-10(8)12(15)16/h3-4,6,9,13-14H,1-2,5,11H2/t9-/m1/s1. The number of nitrogens with two attached hydrogens (primary N) is 1. The first-order valence-corrected chi connectivity index (χ1v) is 4.90. The van der Waals surface area contributed by atoms with Gasteiger partial charge in [-0.15, -0.1) is 0 Å². The smallest absolute Gasteiger partial charge is 0.274 e. The topological polar surface area (TPSA) is 110 Å². The molecule has 0 radical (unpaired) electrons. The van der Waals surface area contributed by atoms with Crippen LogP contribution in [0.4, 0.5) is 5.69 Å². The van der Waals surface area contributed by atoms with Crippen LogP contribution in [0, 0.1) is 10.1 Å². The van der Waals surface area contributed by atoms with Gasteiger partial charge in [-0.1, -0.05) is 0 Å². The van der Waals surface area contributed by atoms with Crippen LogP contribution in [0.1, 0.15) is 24.4 Å². The van der Waals surface area contributed by atoms with Crippen molar-refractivity contribution in [1.29, 1.82) is 0 Å². The molecule has 88 valence electrons. The van der Waals surface area contributed by atoms with E-state index in [0.717, 1.165) is 0 Å². The van der Waals surface area contributed by atoms with Crippen LogP contribution in [0.5, 0.6) is 5.75 Å². The van der Waals surface area contributed by atoms with Gasteiger partial charge in [0.2, 0.25) is 0 Å². The fourth-order valence-corrected chi connectivity index (χ4v) is 1.47. The van der Waals surface area contributed by atoms with Crippen molar-refractivity contribution < 1.29 is 15.1 Å². The Bertz CT molecular complexity index is 381. The number of aliphatic hydroxyl groups is 1. The summed E-state index contributed by atoms with van der Waals surface area (Å²) in [5.74, 6) is -0.0555. The summed E-state index contributed by atoms with van der Waals surface area (Å²) in [6.45, 7) is -0.0136. The van der Waals surface area contributed by atoms with Crippen molar-refractivity contribution >= 4 is 5.69 Å². The zero-order valence-corrected chi connectivity index (χ0v) is 8.67. The van der Waals surface area contributed by atoms with Crippen LogP contribution >= 0.6 is 0 Å². The van der Waals surface area contributed by atoms with Gasteiger partial charge >= 0.3 is 0 Å². The quantitative estimate of drug-likeness (QED) is 0.514. The molecule has 16 heavy (non-hydrogen) atoms. The molecule has 0 saturated heterocycles. The number of phenolic OH excluding ortho intramolecular Hbond substituents is 1. The number of rotatable bonds is 5. The Hall–Kier alpha value is -1.66. The second-order valence-corrected chi connectivity index (χ2v) is 3.47. The second kappa shape index (κ2) is 5.43. The first-order chi connectivity index (χ1) is 7.56. The third-order valence-electron chi connectivity index (χ3n) is 2.28. The minimum atomic E-state index is -0.556. The highest BCUT2D eigenvalue weighted by Gasteiger charge is 2.19. The van der Waals surface area contributed by atoms with Gasteiger partial charge in [0.25, 0.3) is 5.69 Å². The molecular formula is C10H14N2O4. The average Bonchev–Trinajstić information content (AvgIpc) is 2.25. The Balaban J connectivity index is 2.99. The summed E-state index contributed by atoms with van der Waals surface area (Å²) in [7, 11) is 0. The molecule has 0 aliphatic rings. The van der Waals surface area contributed by atoms with Crippen molar-refractivity contribution in [2.24, 2.45) is 5.73 Å². The lowest BCUT2D eigenvalue weighted by Gasteiger charge is -2.11. The number of hydrogen-bond acceptors (Lipinski definition) is 5. The van der Waals surface area contributed by atoms with E-state index in [0.29, 0.717) is 18.4 Å². The minimum absolute atomic E-state index is 0.0136. The summed E-state index contributed by atoms with van der Waals surface area (Å²) in [5, 5.41) is 28.7.